The van der Waals surface area contributed by atoms with Gasteiger partial charge in [0.05, 0.1) is 12.4 Å². The Kier molecular flexibility index (Phi) is 2.40. The zero-order valence-electron chi connectivity index (χ0n) is 9.18. The van der Waals surface area contributed by atoms with Crippen molar-refractivity contribution in [3.63, 3.8) is 0 Å². The highest BCUT2D eigenvalue weighted by Crippen LogP contribution is 2.45. The summed E-state index contributed by atoms with van der Waals surface area (Å²) in [4.78, 5) is 2.39. The summed E-state index contributed by atoms with van der Waals surface area (Å²) in [5, 5.41) is 0. The molecule has 1 fully saturated rings. The molecule has 0 amide bonds. The van der Waals surface area contributed by atoms with Crippen molar-refractivity contribution < 1.29 is 4.74 Å². The van der Waals surface area contributed by atoms with E-state index in [2.05, 4.69) is 25.5 Å². The molecule has 0 saturated carbocycles. The highest BCUT2D eigenvalue weighted by molar-refractivity contribution is 5.32. The second kappa shape index (κ2) is 3.43. The maximum atomic E-state index is 5.67. The maximum absolute atomic E-state index is 5.67. The van der Waals surface area contributed by atoms with Gasteiger partial charge in [0.1, 0.15) is 0 Å². The third-order valence-electron chi connectivity index (χ3n) is 3.66. The average Bonchev–Trinajstić information content (AvgIpc) is 2.49. The van der Waals surface area contributed by atoms with Gasteiger partial charge >= 0.3 is 0 Å². The van der Waals surface area contributed by atoms with Crippen LogP contribution in [0.5, 0.6) is 0 Å². The molecular weight excluding hydrogens is 174 g/mol. The number of rotatable bonds is 1. The molecular formula is C12H19NO. The monoisotopic (exact) mass is 193 g/mol. The smallest absolute Gasteiger partial charge is 0.0976 e. The molecule has 2 heteroatoms. The van der Waals surface area contributed by atoms with Crippen LogP contribution in [-0.4, -0.2) is 31.6 Å². The zero-order valence-corrected chi connectivity index (χ0v) is 9.18. The molecule has 0 aromatic rings. The fourth-order valence-corrected chi connectivity index (χ4v) is 2.60. The van der Waals surface area contributed by atoms with E-state index < -0.39 is 0 Å². The number of likely N-dealkylation sites (tertiary alicyclic amines) is 1. The topological polar surface area (TPSA) is 12.5 Å². The molecule has 0 unspecified atom stereocenters. The SMILES string of the molecule is C=CC1=C(C)OCC12CCN(C)CC2. The summed E-state index contributed by atoms with van der Waals surface area (Å²) in [6.07, 6.45) is 4.41. The van der Waals surface area contributed by atoms with Crippen LogP contribution in [0.4, 0.5) is 0 Å². The first-order valence-corrected chi connectivity index (χ1v) is 5.33. The molecule has 1 saturated heterocycles. The highest BCUT2D eigenvalue weighted by atomic mass is 16.5. The van der Waals surface area contributed by atoms with Crippen molar-refractivity contribution in [2.24, 2.45) is 5.41 Å². The molecule has 2 nitrogen and oxygen atoms in total. The number of hydrogen-bond acceptors (Lipinski definition) is 2. The lowest BCUT2D eigenvalue weighted by Crippen LogP contribution is -2.39. The standard InChI is InChI=1S/C12H19NO/c1-4-11-10(2)14-9-12(11)5-7-13(3)8-6-12/h4H,1,5-9H2,2-3H3. The van der Waals surface area contributed by atoms with E-state index in [4.69, 9.17) is 4.74 Å². The Morgan fingerprint density at radius 2 is 2.07 bits per heavy atom. The quantitative estimate of drug-likeness (QED) is 0.633. The fraction of sp³-hybridized carbons (Fsp3) is 0.667. The number of nitrogens with zero attached hydrogens (tertiary/aromatic N) is 1. The minimum Gasteiger partial charge on any atom is -0.497 e. The van der Waals surface area contributed by atoms with Crippen molar-refractivity contribution in [2.75, 3.05) is 26.7 Å². The van der Waals surface area contributed by atoms with Crippen molar-refractivity contribution in [2.45, 2.75) is 19.8 Å². The molecule has 0 aromatic carbocycles. The molecule has 2 aliphatic rings. The number of hydrogen-bond donors (Lipinski definition) is 0. The predicted octanol–water partition coefficient (Wildman–Crippen LogP) is 2.19. The van der Waals surface area contributed by atoms with Crippen LogP contribution in [0.3, 0.4) is 0 Å². The molecule has 14 heavy (non-hydrogen) atoms. The predicted molar refractivity (Wildman–Crippen MR) is 58.0 cm³/mol. The van der Waals surface area contributed by atoms with Crippen LogP contribution in [0.2, 0.25) is 0 Å². The summed E-state index contributed by atoms with van der Waals surface area (Å²) in [5.41, 5.74) is 1.64. The molecule has 2 heterocycles. The highest BCUT2D eigenvalue weighted by Gasteiger charge is 2.41. The number of ether oxygens (including phenoxy) is 1. The number of piperidine rings is 1. The van der Waals surface area contributed by atoms with Crippen molar-refractivity contribution in [3.05, 3.63) is 24.0 Å². The van der Waals surface area contributed by atoms with Crippen LogP contribution >= 0.6 is 0 Å². The zero-order chi connectivity index (χ0) is 10.2. The summed E-state index contributed by atoms with van der Waals surface area (Å²) < 4.78 is 5.67. The van der Waals surface area contributed by atoms with Crippen LogP contribution in [0.25, 0.3) is 0 Å². The molecule has 0 N–H and O–H groups in total. The molecule has 2 rings (SSSR count). The first-order chi connectivity index (χ1) is 6.68. The minimum absolute atomic E-state index is 0.290. The van der Waals surface area contributed by atoms with E-state index in [9.17, 15) is 0 Å². The lowest BCUT2D eigenvalue weighted by atomic mass is 9.74. The van der Waals surface area contributed by atoms with Crippen LogP contribution in [0.15, 0.2) is 24.0 Å². The molecule has 0 aromatic heterocycles. The largest absolute Gasteiger partial charge is 0.497 e. The van der Waals surface area contributed by atoms with E-state index in [0.29, 0.717) is 5.41 Å². The Hall–Kier alpha value is -0.760. The van der Waals surface area contributed by atoms with Gasteiger partial charge < -0.3 is 9.64 Å². The van der Waals surface area contributed by atoms with Gasteiger partial charge in [-0.05, 0) is 45.5 Å². The minimum atomic E-state index is 0.290. The van der Waals surface area contributed by atoms with Crippen LogP contribution in [-0.2, 0) is 4.74 Å². The van der Waals surface area contributed by atoms with Gasteiger partial charge in [-0.25, -0.2) is 0 Å². The summed E-state index contributed by atoms with van der Waals surface area (Å²) in [7, 11) is 2.19. The van der Waals surface area contributed by atoms with E-state index >= 15 is 0 Å². The van der Waals surface area contributed by atoms with Gasteiger partial charge in [-0.1, -0.05) is 12.7 Å². The second-order valence-corrected chi connectivity index (χ2v) is 4.55. The Balaban J connectivity index is 2.21. The van der Waals surface area contributed by atoms with Gasteiger partial charge in [0.25, 0.3) is 0 Å². The van der Waals surface area contributed by atoms with Crippen molar-refractivity contribution in [1.82, 2.24) is 4.90 Å². The molecule has 1 spiro atoms. The molecule has 0 aliphatic carbocycles. The molecule has 78 valence electrons. The Morgan fingerprint density at radius 1 is 1.43 bits per heavy atom. The first kappa shape index (κ1) is 9.78. The summed E-state index contributed by atoms with van der Waals surface area (Å²) in [5.74, 6) is 1.09. The normalized spacial score (nSPS) is 26.7. The summed E-state index contributed by atoms with van der Waals surface area (Å²) in [6, 6.07) is 0. The Bertz CT molecular complexity index is 272. The fourth-order valence-electron chi connectivity index (χ4n) is 2.60. The third-order valence-corrected chi connectivity index (χ3v) is 3.66. The average molecular weight is 193 g/mol. The van der Waals surface area contributed by atoms with Crippen LogP contribution in [0.1, 0.15) is 19.8 Å². The van der Waals surface area contributed by atoms with Gasteiger partial charge in [-0.3, -0.25) is 0 Å². The van der Waals surface area contributed by atoms with E-state index in [-0.39, 0.29) is 0 Å². The molecule has 0 bridgehead atoms. The van der Waals surface area contributed by atoms with Crippen molar-refractivity contribution >= 4 is 0 Å². The van der Waals surface area contributed by atoms with Crippen molar-refractivity contribution in [1.29, 1.82) is 0 Å². The third kappa shape index (κ3) is 1.38. The van der Waals surface area contributed by atoms with Crippen LogP contribution in [0, 0.1) is 5.41 Å². The second-order valence-electron chi connectivity index (χ2n) is 4.55. The van der Waals surface area contributed by atoms with E-state index in [0.717, 1.165) is 12.4 Å². The Morgan fingerprint density at radius 3 is 2.64 bits per heavy atom. The molecule has 0 radical (unpaired) electrons. The van der Waals surface area contributed by atoms with Gasteiger partial charge in [-0.15, -0.1) is 0 Å². The van der Waals surface area contributed by atoms with Gasteiger partial charge in [0.2, 0.25) is 0 Å². The Labute approximate surface area is 86.2 Å². The summed E-state index contributed by atoms with van der Waals surface area (Å²) in [6.45, 7) is 9.19. The number of allylic oxidation sites excluding steroid dienone is 2. The van der Waals surface area contributed by atoms with Gasteiger partial charge in [-0.2, -0.15) is 0 Å². The van der Waals surface area contributed by atoms with E-state index in [1.165, 1.54) is 31.5 Å². The first-order valence-electron chi connectivity index (χ1n) is 5.33. The van der Waals surface area contributed by atoms with E-state index in [1.54, 1.807) is 0 Å². The molecule has 2 aliphatic heterocycles. The van der Waals surface area contributed by atoms with Gasteiger partial charge in [0, 0.05) is 5.41 Å². The lowest BCUT2D eigenvalue weighted by molar-refractivity contribution is 0.0989. The van der Waals surface area contributed by atoms with Gasteiger partial charge in [0.15, 0.2) is 0 Å². The molecule has 0 atom stereocenters. The maximum Gasteiger partial charge on any atom is 0.0976 e. The summed E-state index contributed by atoms with van der Waals surface area (Å²) >= 11 is 0. The van der Waals surface area contributed by atoms with E-state index in [1.807, 2.05) is 6.08 Å². The lowest BCUT2D eigenvalue weighted by Gasteiger charge is -2.37. The van der Waals surface area contributed by atoms with Crippen LogP contribution < -0.4 is 0 Å². The van der Waals surface area contributed by atoms with Crippen molar-refractivity contribution in [3.8, 4) is 0 Å².